The Kier molecular flexibility index (Phi) is 5.64. The van der Waals surface area contributed by atoms with Crippen molar-refractivity contribution < 1.29 is 4.79 Å². The molecule has 25 heavy (non-hydrogen) atoms. The summed E-state index contributed by atoms with van der Waals surface area (Å²) in [5, 5.41) is 11.3. The molecule has 0 bridgehead atoms. The Bertz CT molecular complexity index is 687. The van der Waals surface area contributed by atoms with Gasteiger partial charge in [0.25, 0.3) is 5.91 Å². The smallest absolute Gasteiger partial charge is 0.276 e. The molecule has 0 radical (unpaired) electrons. The summed E-state index contributed by atoms with van der Waals surface area (Å²) in [5.74, 6) is 1.11. The zero-order valence-electron chi connectivity index (χ0n) is 15.0. The molecule has 1 aromatic heterocycles. The van der Waals surface area contributed by atoms with Gasteiger partial charge in [0.15, 0.2) is 11.5 Å². The van der Waals surface area contributed by atoms with Crippen LogP contribution in [0.2, 0.25) is 0 Å². The summed E-state index contributed by atoms with van der Waals surface area (Å²) in [6, 6.07) is 11.6. The number of hydrogen-bond acceptors (Lipinski definition) is 4. The van der Waals surface area contributed by atoms with Crippen molar-refractivity contribution in [2.75, 3.05) is 23.3 Å². The number of benzene rings is 1. The fourth-order valence-corrected chi connectivity index (χ4v) is 3.06. The molecule has 3 rings (SSSR count). The quantitative estimate of drug-likeness (QED) is 0.906. The van der Waals surface area contributed by atoms with Gasteiger partial charge in [-0.2, -0.15) is 0 Å². The van der Waals surface area contributed by atoms with E-state index in [1.54, 1.807) is 6.07 Å². The summed E-state index contributed by atoms with van der Waals surface area (Å²) in [5.41, 5.74) is 2.36. The Labute approximate surface area is 149 Å². The molecule has 0 unspecified atom stereocenters. The van der Waals surface area contributed by atoms with Crippen LogP contribution in [0.15, 0.2) is 36.4 Å². The van der Waals surface area contributed by atoms with Crippen molar-refractivity contribution in [2.45, 2.75) is 45.4 Å². The monoisotopic (exact) mass is 338 g/mol. The maximum Gasteiger partial charge on any atom is 0.276 e. The maximum absolute atomic E-state index is 12.3. The first-order valence-corrected chi connectivity index (χ1v) is 9.13. The van der Waals surface area contributed by atoms with Crippen molar-refractivity contribution in [2.24, 2.45) is 0 Å². The summed E-state index contributed by atoms with van der Waals surface area (Å²) in [6.07, 6.45) is 4.94. The zero-order chi connectivity index (χ0) is 17.6. The Morgan fingerprint density at radius 3 is 2.20 bits per heavy atom. The lowest BCUT2D eigenvalue weighted by molar-refractivity contribution is 0.102. The van der Waals surface area contributed by atoms with Crippen LogP contribution in [-0.4, -0.2) is 29.2 Å². The van der Waals surface area contributed by atoms with E-state index in [1.807, 2.05) is 30.3 Å². The molecular weight excluding hydrogens is 312 g/mol. The summed E-state index contributed by atoms with van der Waals surface area (Å²) in [4.78, 5) is 14.6. The lowest BCUT2D eigenvalue weighted by Crippen LogP contribution is -2.25. The molecule has 1 aliphatic heterocycles. The van der Waals surface area contributed by atoms with E-state index in [0.717, 1.165) is 24.6 Å². The van der Waals surface area contributed by atoms with Gasteiger partial charge in [0.05, 0.1) is 0 Å². The van der Waals surface area contributed by atoms with E-state index in [2.05, 4.69) is 34.3 Å². The van der Waals surface area contributed by atoms with Gasteiger partial charge in [-0.25, -0.2) is 0 Å². The molecular formula is C20H26N4O. The van der Waals surface area contributed by atoms with Gasteiger partial charge in [0.2, 0.25) is 0 Å². The fourth-order valence-electron chi connectivity index (χ4n) is 3.06. The highest BCUT2D eigenvalue weighted by Crippen LogP contribution is 2.19. The summed E-state index contributed by atoms with van der Waals surface area (Å²) >= 11 is 0. The second-order valence-electron chi connectivity index (χ2n) is 6.91. The van der Waals surface area contributed by atoms with Crippen molar-refractivity contribution >= 4 is 17.4 Å². The lowest BCUT2D eigenvalue weighted by atomic mass is 10.0. The van der Waals surface area contributed by atoms with Gasteiger partial charge in [0.1, 0.15) is 0 Å². The van der Waals surface area contributed by atoms with Crippen molar-refractivity contribution in [3.63, 3.8) is 0 Å². The van der Waals surface area contributed by atoms with Gasteiger partial charge in [-0.15, -0.1) is 10.2 Å². The molecule has 1 aliphatic rings. The third-order valence-corrected chi connectivity index (χ3v) is 4.65. The number of carbonyl (C=O) groups excluding carboxylic acids is 1. The molecule has 2 aromatic rings. The standard InChI is InChI=1S/C20H26N4O/c1-15(2)16-7-9-17(10-8-16)21-20(25)18-11-12-19(23-22-18)24-13-5-3-4-6-14-24/h7-12,15H,3-6,13-14H2,1-2H3,(H,21,25). The van der Waals surface area contributed by atoms with Crippen LogP contribution in [0, 0.1) is 0 Å². The first-order chi connectivity index (χ1) is 12.1. The van der Waals surface area contributed by atoms with E-state index in [0.29, 0.717) is 11.6 Å². The Balaban J connectivity index is 1.64. The third kappa shape index (κ3) is 4.56. The Hall–Kier alpha value is -2.43. The molecule has 1 amide bonds. The van der Waals surface area contributed by atoms with E-state index in [4.69, 9.17) is 0 Å². The van der Waals surface area contributed by atoms with E-state index in [1.165, 1.54) is 31.2 Å². The van der Waals surface area contributed by atoms with Crippen LogP contribution < -0.4 is 10.2 Å². The van der Waals surface area contributed by atoms with Gasteiger partial charge in [0, 0.05) is 18.8 Å². The number of nitrogens with zero attached hydrogens (tertiary/aromatic N) is 3. The topological polar surface area (TPSA) is 58.1 Å². The second-order valence-corrected chi connectivity index (χ2v) is 6.91. The van der Waals surface area contributed by atoms with E-state index < -0.39 is 0 Å². The minimum absolute atomic E-state index is 0.229. The average molecular weight is 338 g/mol. The number of rotatable bonds is 4. The van der Waals surface area contributed by atoms with Crippen LogP contribution in [0.25, 0.3) is 0 Å². The highest BCUT2D eigenvalue weighted by molar-refractivity contribution is 6.02. The van der Waals surface area contributed by atoms with Gasteiger partial charge in [-0.1, -0.05) is 38.8 Å². The summed E-state index contributed by atoms with van der Waals surface area (Å²) in [7, 11) is 0. The zero-order valence-corrected chi connectivity index (χ0v) is 15.0. The number of aromatic nitrogens is 2. The van der Waals surface area contributed by atoms with Crippen LogP contribution in [0.4, 0.5) is 11.5 Å². The number of amides is 1. The molecule has 0 saturated carbocycles. The van der Waals surface area contributed by atoms with Gasteiger partial charge in [-0.3, -0.25) is 4.79 Å². The fraction of sp³-hybridized carbons (Fsp3) is 0.450. The first-order valence-electron chi connectivity index (χ1n) is 9.13. The predicted molar refractivity (Wildman–Crippen MR) is 101 cm³/mol. The van der Waals surface area contributed by atoms with Crippen molar-refractivity contribution in [1.82, 2.24) is 10.2 Å². The normalized spacial score (nSPS) is 15.1. The molecule has 2 heterocycles. The molecule has 5 nitrogen and oxygen atoms in total. The Morgan fingerprint density at radius 2 is 1.64 bits per heavy atom. The Morgan fingerprint density at radius 1 is 0.960 bits per heavy atom. The van der Waals surface area contributed by atoms with Gasteiger partial charge < -0.3 is 10.2 Å². The van der Waals surface area contributed by atoms with Crippen LogP contribution >= 0.6 is 0 Å². The van der Waals surface area contributed by atoms with Crippen molar-refractivity contribution in [1.29, 1.82) is 0 Å². The van der Waals surface area contributed by atoms with Crippen LogP contribution in [0.3, 0.4) is 0 Å². The molecule has 132 valence electrons. The predicted octanol–water partition coefficient (Wildman–Crippen LogP) is 4.23. The molecule has 1 N–H and O–H groups in total. The summed E-state index contributed by atoms with van der Waals surface area (Å²) in [6.45, 7) is 6.33. The number of carbonyl (C=O) groups is 1. The second kappa shape index (κ2) is 8.10. The molecule has 1 saturated heterocycles. The number of nitrogens with one attached hydrogen (secondary N) is 1. The maximum atomic E-state index is 12.3. The van der Waals surface area contributed by atoms with Crippen LogP contribution in [0.5, 0.6) is 0 Å². The third-order valence-electron chi connectivity index (χ3n) is 4.65. The number of anilines is 2. The summed E-state index contributed by atoms with van der Waals surface area (Å²) < 4.78 is 0. The molecule has 1 fully saturated rings. The van der Waals surface area contributed by atoms with Crippen molar-refractivity contribution in [3.05, 3.63) is 47.7 Å². The highest BCUT2D eigenvalue weighted by Gasteiger charge is 2.14. The number of hydrogen-bond donors (Lipinski definition) is 1. The minimum Gasteiger partial charge on any atom is -0.355 e. The minimum atomic E-state index is -0.229. The first kappa shape index (κ1) is 17.4. The van der Waals surface area contributed by atoms with E-state index in [-0.39, 0.29) is 5.91 Å². The largest absolute Gasteiger partial charge is 0.355 e. The molecule has 1 aromatic carbocycles. The van der Waals surface area contributed by atoms with Crippen molar-refractivity contribution in [3.8, 4) is 0 Å². The molecule has 0 atom stereocenters. The van der Waals surface area contributed by atoms with Gasteiger partial charge in [-0.05, 0) is 48.6 Å². The molecule has 0 aliphatic carbocycles. The molecule has 0 spiro atoms. The van der Waals surface area contributed by atoms with E-state index >= 15 is 0 Å². The van der Waals surface area contributed by atoms with E-state index in [9.17, 15) is 4.79 Å². The molecule has 5 heteroatoms. The van der Waals surface area contributed by atoms with Crippen LogP contribution in [0.1, 0.15) is 61.5 Å². The average Bonchev–Trinajstić information content (AvgIpc) is 2.92. The SMILES string of the molecule is CC(C)c1ccc(NC(=O)c2ccc(N3CCCCCC3)nn2)cc1. The highest BCUT2D eigenvalue weighted by atomic mass is 16.1. The van der Waals surface area contributed by atoms with Gasteiger partial charge >= 0.3 is 0 Å². The lowest BCUT2D eigenvalue weighted by Gasteiger charge is -2.20. The van der Waals surface area contributed by atoms with Crippen LogP contribution in [-0.2, 0) is 0 Å².